The number of nitrogens with zero attached hydrogens (tertiary/aromatic N) is 2. The predicted molar refractivity (Wildman–Crippen MR) is 83.4 cm³/mol. The zero-order chi connectivity index (χ0) is 13.9. The van der Waals surface area contributed by atoms with Crippen LogP contribution in [-0.2, 0) is 4.79 Å². The Hall–Kier alpha value is -1.04. The number of benzene rings is 1. The standard InChI is InChI=1S/C15H21N3OS/c1-12-10-17(7-6-16-12)11-15(19)18-8-9-20-14-5-3-2-4-13(14)18/h2-5,12,16H,6-11H2,1H3/t12-/m0/s1. The number of amides is 1. The maximum atomic E-state index is 12.6. The molecule has 2 aliphatic heterocycles. The SMILES string of the molecule is C[C@H]1CN(CC(=O)N2CCSc3ccccc32)CCN1. The van der Waals surface area contributed by atoms with Crippen molar-refractivity contribution in [2.45, 2.75) is 17.9 Å². The Morgan fingerprint density at radius 1 is 1.40 bits per heavy atom. The summed E-state index contributed by atoms with van der Waals surface area (Å²) in [5.41, 5.74) is 1.08. The molecule has 20 heavy (non-hydrogen) atoms. The van der Waals surface area contributed by atoms with E-state index >= 15 is 0 Å². The quantitative estimate of drug-likeness (QED) is 0.894. The summed E-state index contributed by atoms with van der Waals surface area (Å²) in [5.74, 6) is 1.22. The van der Waals surface area contributed by atoms with E-state index in [9.17, 15) is 4.79 Å². The number of hydrogen-bond donors (Lipinski definition) is 1. The van der Waals surface area contributed by atoms with Gasteiger partial charge in [-0.15, -0.1) is 11.8 Å². The molecule has 1 fully saturated rings. The molecule has 5 heteroatoms. The number of piperazine rings is 1. The Kier molecular flexibility index (Phi) is 4.29. The molecular formula is C15H21N3OS. The maximum Gasteiger partial charge on any atom is 0.241 e. The molecule has 2 heterocycles. The Balaban J connectivity index is 1.69. The third kappa shape index (κ3) is 3.00. The van der Waals surface area contributed by atoms with Gasteiger partial charge < -0.3 is 10.2 Å². The molecule has 0 bridgehead atoms. The van der Waals surface area contributed by atoms with Crippen LogP contribution in [-0.4, -0.2) is 55.3 Å². The average molecular weight is 291 g/mol. The van der Waals surface area contributed by atoms with Gasteiger partial charge in [0.05, 0.1) is 12.2 Å². The van der Waals surface area contributed by atoms with Crippen molar-refractivity contribution in [1.82, 2.24) is 10.2 Å². The van der Waals surface area contributed by atoms with Crippen LogP contribution in [0, 0.1) is 0 Å². The van der Waals surface area contributed by atoms with Gasteiger partial charge >= 0.3 is 0 Å². The van der Waals surface area contributed by atoms with Gasteiger partial charge in [0.1, 0.15) is 0 Å². The first-order chi connectivity index (χ1) is 9.74. The first-order valence-electron chi connectivity index (χ1n) is 7.22. The second kappa shape index (κ2) is 6.16. The Morgan fingerprint density at radius 3 is 3.10 bits per heavy atom. The Morgan fingerprint density at radius 2 is 2.25 bits per heavy atom. The van der Waals surface area contributed by atoms with Crippen molar-refractivity contribution >= 4 is 23.4 Å². The second-order valence-electron chi connectivity index (χ2n) is 5.45. The number of carbonyl (C=O) groups excluding carboxylic acids is 1. The van der Waals surface area contributed by atoms with Gasteiger partial charge in [0.25, 0.3) is 0 Å². The molecule has 0 unspecified atom stereocenters. The van der Waals surface area contributed by atoms with Gasteiger partial charge in [-0.2, -0.15) is 0 Å². The van der Waals surface area contributed by atoms with Gasteiger partial charge in [0, 0.05) is 42.9 Å². The molecule has 1 saturated heterocycles. The van der Waals surface area contributed by atoms with Crippen molar-refractivity contribution in [2.24, 2.45) is 0 Å². The number of hydrogen-bond acceptors (Lipinski definition) is 4. The van der Waals surface area contributed by atoms with E-state index in [1.54, 1.807) is 0 Å². The molecule has 0 radical (unpaired) electrons. The van der Waals surface area contributed by atoms with Crippen LogP contribution in [0.25, 0.3) is 0 Å². The lowest BCUT2D eigenvalue weighted by Crippen LogP contribution is -2.52. The van der Waals surface area contributed by atoms with Crippen LogP contribution < -0.4 is 10.2 Å². The minimum Gasteiger partial charge on any atom is -0.312 e. The number of thioether (sulfide) groups is 1. The van der Waals surface area contributed by atoms with E-state index in [0.29, 0.717) is 12.6 Å². The van der Waals surface area contributed by atoms with E-state index in [-0.39, 0.29) is 5.91 Å². The minimum absolute atomic E-state index is 0.229. The minimum atomic E-state index is 0.229. The van der Waals surface area contributed by atoms with Crippen molar-refractivity contribution < 1.29 is 4.79 Å². The highest BCUT2D eigenvalue weighted by Crippen LogP contribution is 2.34. The lowest BCUT2D eigenvalue weighted by atomic mass is 10.2. The van der Waals surface area contributed by atoms with Crippen LogP contribution in [0.5, 0.6) is 0 Å². The van der Waals surface area contributed by atoms with Gasteiger partial charge in [-0.3, -0.25) is 9.69 Å². The summed E-state index contributed by atoms with van der Waals surface area (Å²) in [6, 6.07) is 8.68. The molecule has 0 aromatic heterocycles. The first-order valence-corrected chi connectivity index (χ1v) is 8.20. The average Bonchev–Trinajstić information content (AvgIpc) is 2.46. The topological polar surface area (TPSA) is 35.6 Å². The molecule has 1 aromatic rings. The van der Waals surface area contributed by atoms with Crippen LogP contribution in [0.15, 0.2) is 29.2 Å². The van der Waals surface area contributed by atoms with Gasteiger partial charge in [-0.25, -0.2) is 0 Å². The summed E-state index contributed by atoms with van der Waals surface area (Å²) in [6.07, 6.45) is 0. The fraction of sp³-hybridized carbons (Fsp3) is 0.533. The predicted octanol–water partition coefficient (Wildman–Crippen LogP) is 1.42. The van der Waals surface area contributed by atoms with Crippen molar-refractivity contribution in [1.29, 1.82) is 0 Å². The molecule has 108 valence electrons. The molecule has 1 amide bonds. The summed E-state index contributed by atoms with van der Waals surface area (Å²) < 4.78 is 0. The fourth-order valence-corrected chi connectivity index (χ4v) is 3.86. The van der Waals surface area contributed by atoms with Crippen LogP contribution in [0.3, 0.4) is 0 Å². The molecule has 4 nitrogen and oxygen atoms in total. The monoisotopic (exact) mass is 291 g/mol. The number of carbonyl (C=O) groups is 1. The maximum absolute atomic E-state index is 12.6. The number of rotatable bonds is 2. The molecule has 1 N–H and O–H groups in total. The van der Waals surface area contributed by atoms with Gasteiger partial charge in [-0.1, -0.05) is 12.1 Å². The highest BCUT2D eigenvalue weighted by Gasteiger charge is 2.25. The molecule has 3 rings (SSSR count). The molecule has 0 aliphatic carbocycles. The third-order valence-electron chi connectivity index (χ3n) is 3.84. The summed E-state index contributed by atoms with van der Waals surface area (Å²) in [4.78, 5) is 18.0. The van der Waals surface area contributed by atoms with E-state index in [1.807, 2.05) is 28.8 Å². The summed E-state index contributed by atoms with van der Waals surface area (Å²) in [6.45, 7) is 6.41. The summed E-state index contributed by atoms with van der Waals surface area (Å²) >= 11 is 1.84. The largest absolute Gasteiger partial charge is 0.312 e. The number of fused-ring (bicyclic) bond motifs is 1. The van der Waals surface area contributed by atoms with E-state index < -0.39 is 0 Å². The van der Waals surface area contributed by atoms with E-state index in [0.717, 1.165) is 37.6 Å². The zero-order valence-corrected chi connectivity index (χ0v) is 12.7. The van der Waals surface area contributed by atoms with Crippen LogP contribution in [0.1, 0.15) is 6.92 Å². The van der Waals surface area contributed by atoms with Crippen molar-refractivity contribution in [3.63, 3.8) is 0 Å². The molecule has 0 spiro atoms. The molecule has 1 aromatic carbocycles. The number of nitrogens with one attached hydrogen (secondary N) is 1. The fourth-order valence-electron chi connectivity index (χ4n) is 2.86. The van der Waals surface area contributed by atoms with E-state index in [2.05, 4.69) is 29.3 Å². The lowest BCUT2D eigenvalue weighted by Gasteiger charge is -2.34. The normalized spacial score (nSPS) is 23.4. The third-order valence-corrected chi connectivity index (χ3v) is 4.88. The number of para-hydroxylation sites is 1. The number of anilines is 1. The molecule has 0 saturated carbocycles. The zero-order valence-electron chi connectivity index (χ0n) is 11.8. The first kappa shape index (κ1) is 13.9. The molecule has 1 atom stereocenters. The van der Waals surface area contributed by atoms with Crippen LogP contribution in [0.4, 0.5) is 5.69 Å². The lowest BCUT2D eigenvalue weighted by molar-refractivity contribution is -0.120. The van der Waals surface area contributed by atoms with Crippen molar-refractivity contribution in [3.05, 3.63) is 24.3 Å². The van der Waals surface area contributed by atoms with Crippen LogP contribution in [0.2, 0.25) is 0 Å². The smallest absolute Gasteiger partial charge is 0.241 e. The van der Waals surface area contributed by atoms with Gasteiger partial charge in [0.15, 0.2) is 0 Å². The Bertz CT molecular complexity index is 494. The van der Waals surface area contributed by atoms with Gasteiger partial charge in [-0.05, 0) is 19.1 Å². The van der Waals surface area contributed by atoms with Gasteiger partial charge in [0.2, 0.25) is 5.91 Å². The summed E-state index contributed by atoms with van der Waals surface area (Å²) in [5, 5.41) is 3.41. The summed E-state index contributed by atoms with van der Waals surface area (Å²) in [7, 11) is 0. The van der Waals surface area contributed by atoms with Crippen LogP contribution >= 0.6 is 11.8 Å². The highest BCUT2D eigenvalue weighted by molar-refractivity contribution is 7.99. The van der Waals surface area contributed by atoms with Crippen molar-refractivity contribution in [2.75, 3.05) is 43.4 Å². The second-order valence-corrected chi connectivity index (χ2v) is 6.59. The van der Waals surface area contributed by atoms with E-state index in [4.69, 9.17) is 0 Å². The molecule has 2 aliphatic rings. The van der Waals surface area contributed by atoms with Crippen molar-refractivity contribution in [3.8, 4) is 0 Å². The molecular weight excluding hydrogens is 270 g/mol. The highest BCUT2D eigenvalue weighted by atomic mass is 32.2. The van der Waals surface area contributed by atoms with E-state index in [1.165, 1.54) is 4.90 Å². The Labute approximate surface area is 124 Å².